The minimum atomic E-state index is -0.204. The number of carbonyl (C=O) groups excluding carboxylic acids is 1. The van der Waals surface area contributed by atoms with Gasteiger partial charge < -0.3 is 9.64 Å². The lowest BCUT2D eigenvalue weighted by Gasteiger charge is -2.36. The van der Waals surface area contributed by atoms with Crippen LogP contribution < -0.4 is 0 Å². The zero-order valence-electron chi connectivity index (χ0n) is 11.6. The fraction of sp³-hybridized carbons (Fsp3) is 0.667. The highest BCUT2D eigenvalue weighted by molar-refractivity contribution is 7.10. The van der Waals surface area contributed by atoms with Gasteiger partial charge in [0.05, 0.1) is 12.1 Å². The predicted molar refractivity (Wildman–Crippen MR) is 76.3 cm³/mol. The fourth-order valence-corrected chi connectivity index (χ4v) is 4.20. The first-order valence-corrected chi connectivity index (χ1v) is 8.11. The molecular formula is C15H21NO2S. The molecule has 104 valence electrons. The largest absolute Gasteiger partial charge is 0.365 e. The van der Waals surface area contributed by atoms with Gasteiger partial charge in [0.15, 0.2) is 0 Å². The van der Waals surface area contributed by atoms with Gasteiger partial charge in [-0.05, 0) is 49.6 Å². The summed E-state index contributed by atoms with van der Waals surface area (Å²) in [6.45, 7) is 5.06. The SMILES string of the molecule is CCC1c2ccsc2CCN1C(=O)C1CCC(C)O1. The number of carbonyl (C=O) groups is 1. The molecule has 3 atom stereocenters. The van der Waals surface area contributed by atoms with Crippen LogP contribution in [0.15, 0.2) is 11.4 Å². The predicted octanol–water partition coefficient (Wildman–Crippen LogP) is 3.15. The number of ether oxygens (including phenoxy) is 1. The van der Waals surface area contributed by atoms with Gasteiger partial charge in [0.1, 0.15) is 6.10 Å². The Hall–Kier alpha value is -0.870. The molecule has 2 aliphatic rings. The molecule has 3 nitrogen and oxygen atoms in total. The Morgan fingerprint density at radius 1 is 1.53 bits per heavy atom. The third kappa shape index (κ3) is 2.32. The maximum atomic E-state index is 12.7. The van der Waals surface area contributed by atoms with Crippen molar-refractivity contribution in [3.05, 3.63) is 21.9 Å². The number of hydrogen-bond donors (Lipinski definition) is 0. The highest BCUT2D eigenvalue weighted by Crippen LogP contribution is 2.36. The van der Waals surface area contributed by atoms with Gasteiger partial charge in [-0.25, -0.2) is 0 Å². The number of rotatable bonds is 2. The molecule has 3 heterocycles. The van der Waals surface area contributed by atoms with E-state index in [-0.39, 0.29) is 24.2 Å². The lowest BCUT2D eigenvalue weighted by Crippen LogP contribution is -2.44. The molecule has 1 aromatic rings. The summed E-state index contributed by atoms with van der Waals surface area (Å²) < 4.78 is 5.75. The lowest BCUT2D eigenvalue weighted by molar-refractivity contribution is -0.145. The van der Waals surface area contributed by atoms with Gasteiger partial charge in [-0.2, -0.15) is 0 Å². The fourth-order valence-electron chi connectivity index (χ4n) is 3.27. The van der Waals surface area contributed by atoms with Gasteiger partial charge in [0.25, 0.3) is 5.91 Å². The second-order valence-corrected chi connectivity index (χ2v) is 6.52. The maximum absolute atomic E-state index is 12.7. The molecule has 0 radical (unpaired) electrons. The van der Waals surface area contributed by atoms with E-state index in [2.05, 4.69) is 30.2 Å². The van der Waals surface area contributed by atoms with Crippen LogP contribution >= 0.6 is 11.3 Å². The summed E-state index contributed by atoms with van der Waals surface area (Å²) in [5.74, 6) is 0.202. The molecule has 19 heavy (non-hydrogen) atoms. The van der Waals surface area contributed by atoms with Crippen LogP contribution in [0.25, 0.3) is 0 Å². The molecule has 1 amide bonds. The van der Waals surface area contributed by atoms with E-state index >= 15 is 0 Å². The molecule has 0 saturated carbocycles. The van der Waals surface area contributed by atoms with Crippen LogP contribution in [0.5, 0.6) is 0 Å². The molecule has 0 bridgehead atoms. The summed E-state index contributed by atoms with van der Waals surface area (Å²) in [5, 5.41) is 2.15. The monoisotopic (exact) mass is 279 g/mol. The lowest BCUT2D eigenvalue weighted by atomic mass is 9.97. The Labute approximate surface area is 118 Å². The van der Waals surface area contributed by atoms with E-state index < -0.39 is 0 Å². The number of amides is 1. The van der Waals surface area contributed by atoms with E-state index in [0.717, 1.165) is 32.2 Å². The first-order valence-electron chi connectivity index (χ1n) is 7.23. The zero-order valence-corrected chi connectivity index (χ0v) is 12.4. The topological polar surface area (TPSA) is 29.5 Å². The Morgan fingerprint density at radius 3 is 3.05 bits per heavy atom. The normalized spacial score (nSPS) is 30.4. The van der Waals surface area contributed by atoms with Crippen LogP contribution in [-0.2, 0) is 16.0 Å². The van der Waals surface area contributed by atoms with E-state index in [1.165, 1.54) is 10.4 Å². The summed E-state index contributed by atoms with van der Waals surface area (Å²) >= 11 is 1.82. The van der Waals surface area contributed by atoms with Crippen molar-refractivity contribution >= 4 is 17.2 Å². The number of nitrogens with zero attached hydrogens (tertiary/aromatic N) is 1. The standard InChI is InChI=1S/C15H21NO2S/c1-3-12-11-7-9-19-14(11)6-8-16(12)15(17)13-5-4-10(2)18-13/h7,9-10,12-13H,3-6,8H2,1-2H3. The van der Waals surface area contributed by atoms with Gasteiger partial charge >= 0.3 is 0 Å². The first-order chi connectivity index (χ1) is 9.20. The van der Waals surface area contributed by atoms with E-state index in [4.69, 9.17) is 4.74 Å². The molecule has 1 fully saturated rings. The van der Waals surface area contributed by atoms with Crippen LogP contribution in [0.2, 0.25) is 0 Å². The van der Waals surface area contributed by atoms with Crippen LogP contribution in [-0.4, -0.2) is 29.6 Å². The smallest absolute Gasteiger partial charge is 0.252 e. The average Bonchev–Trinajstić information content (AvgIpc) is 3.04. The molecule has 0 aromatic carbocycles. The zero-order chi connectivity index (χ0) is 13.4. The van der Waals surface area contributed by atoms with Gasteiger partial charge in [-0.1, -0.05) is 6.92 Å². The molecular weight excluding hydrogens is 258 g/mol. The third-order valence-electron chi connectivity index (χ3n) is 4.27. The van der Waals surface area contributed by atoms with Crippen LogP contribution in [0.1, 0.15) is 49.6 Å². The van der Waals surface area contributed by atoms with Crippen molar-refractivity contribution in [2.75, 3.05) is 6.54 Å². The number of fused-ring (bicyclic) bond motifs is 1. The molecule has 0 spiro atoms. The van der Waals surface area contributed by atoms with Crippen LogP contribution in [0.4, 0.5) is 0 Å². The molecule has 0 aliphatic carbocycles. The van der Waals surface area contributed by atoms with Gasteiger partial charge in [0, 0.05) is 11.4 Å². The third-order valence-corrected chi connectivity index (χ3v) is 5.27. The van der Waals surface area contributed by atoms with Crippen molar-refractivity contribution in [2.45, 2.75) is 57.8 Å². The molecule has 2 aliphatic heterocycles. The van der Waals surface area contributed by atoms with Crippen LogP contribution in [0.3, 0.4) is 0 Å². The number of hydrogen-bond acceptors (Lipinski definition) is 3. The highest BCUT2D eigenvalue weighted by Gasteiger charge is 2.37. The Morgan fingerprint density at radius 2 is 2.37 bits per heavy atom. The van der Waals surface area contributed by atoms with Gasteiger partial charge in [-0.3, -0.25) is 4.79 Å². The summed E-state index contributed by atoms with van der Waals surface area (Å²) in [7, 11) is 0. The Kier molecular flexibility index (Phi) is 3.63. The summed E-state index contributed by atoms with van der Waals surface area (Å²) in [6, 6.07) is 2.44. The molecule has 3 rings (SSSR count). The average molecular weight is 279 g/mol. The van der Waals surface area contributed by atoms with Crippen molar-refractivity contribution < 1.29 is 9.53 Å². The van der Waals surface area contributed by atoms with Crippen molar-refractivity contribution in [3.63, 3.8) is 0 Å². The minimum absolute atomic E-state index is 0.202. The van der Waals surface area contributed by atoms with Gasteiger partial charge in [0.2, 0.25) is 0 Å². The van der Waals surface area contributed by atoms with Crippen molar-refractivity contribution in [2.24, 2.45) is 0 Å². The molecule has 1 aromatic heterocycles. The van der Waals surface area contributed by atoms with E-state index in [1.54, 1.807) is 0 Å². The second-order valence-electron chi connectivity index (χ2n) is 5.52. The van der Waals surface area contributed by atoms with Gasteiger partial charge in [-0.15, -0.1) is 11.3 Å². The van der Waals surface area contributed by atoms with Crippen molar-refractivity contribution in [1.29, 1.82) is 0 Å². The van der Waals surface area contributed by atoms with Crippen LogP contribution in [0, 0.1) is 0 Å². The minimum Gasteiger partial charge on any atom is -0.365 e. The molecule has 0 N–H and O–H groups in total. The summed E-state index contributed by atoms with van der Waals surface area (Å²) in [6.07, 6.45) is 3.89. The maximum Gasteiger partial charge on any atom is 0.252 e. The molecule has 3 unspecified atom stereocenters. The second kappa shape index (κ2) is 5.25. The van der Waals surface area contributed by atoms with E-state index in [0.29, 0.717) is 0 Å². The molecule has 1 saturated heterocycles. The van der Waals surface area contributed by atoms with Crippen molar-refractivity contribution in [1.82, 2.24) is 4.90 Å². The van der Waals surface area contributed by atoms with E-state index in [1.807, 2.05) is 11.3 Å². The summed E-state index contributed by atoms with van der Waals surface area (Å²) in [4.78, 5) is 16.2. The highest BCUT2D eigenvalue weighted by atomic mass is 32.1. The van der Waals surface area contributed by atoms with E-state index in [9.17, 15) is 4.79 Å². The Balaban J connectivity index is 1.79. The number of thiophene rings is 1. The molecule has 4 heteroatoms. The first kappa shape index (κ1) is 13.1. The quantitative estimate of drug-likeness (QED) is 0.832. The van der Waals surface area contributed by atoms with Crippen molar-refractivity contribution in [3.8, 4) is 0 Å². The Bertz CT molecular complexity index is 470. The summed E-state index contributed by atoms with van der Waals surface area (Å²) in [5.41, 5.74) is 1.36.